The van der Waals surface area contributed by atoms with Gasteiger partial charge in [0, 0.05) is 36.1 Å². The van der Waals surface area contributed by atoms with Gasteiger partial charge in [-0.2, -0.15) is 5.10 Å². The van der Waals surface area contributed by atoms with Crippen molar-refractivity contribution >= 4 is 22.3 Å². The van der Waals surface area contributed by atoms with Crippen LogP contribution in [0.3, 0.4) is 0 Å². The summed E-state index contributed by atoms with van der Waals surface area (Å²) < 4.78 is 1.82. The monoisotopic (exact) mass is 423 g/mol. The maximum absolute atomic E-state index is 4.58. The van der Waals surface area contributed by atoms with E-state index in [-0.39, 0.29) is 0 Å². The number of benzene rings is 2. The number of hydrogen-bond acceptors (Lipinski definition) is 4. The fourth-order valence-electron chi connectivity index (χ4n) is 4.45. The standard InChI is InChI=1S/C27H29N5/c1-19(22-5-3-20(4-6-22)13-21-9-11-28-12-10-21)31-27-15-25-14-23(7-8-24(25)16-29-27)26-17-30-32(2)18-26/h3-8,14-18,21,28H,1,9-13H2,2H3,(H,29,31). The SMILES string of the molecule is C=C(Nc1cc2cc(-c3cnn(C)c3)ccc2cn1)c1ccc(CC2CCNCC2)cc1. The first kappa shape index (κ1) is 20.5. The number of aryl methyl sites for hydroxylation is 1. The van der Waals surface area contributed by atoms with Gasteiger partial charge >= 0.3 is 0 Å². The van der Waals surface area contributed by atoms with E-state index in [1.807, 2.05) is 30.3 Å². The zero-order chi connectivity index (χ0) is 21.9. The molecule has 0 saturated carbocycles. The Morgan fingerprint density at radius 3 is 2.59 bits per heavy atom. The predicted molar refractivity (Wildman–Crippen MR) is 132 cm³/mol. The zero-order valence-electron chi connectivity index (χ0n) is 18.5. The molecule has 0 spiro atoms. The van der Waals surface area contributed by atoms with Gasteiger partial charge in [-0.1, -0.05) is 43.0 Å². The molecule has 0 atom stereocenters. The van der Waals surface area contributed by atoms with Crippen molar-refractivity contribution in [2.75, 3.05) is 18.4 Å². The Bertz CT molecular complexity index is 1230. The molecule has 5 rings (SSSR count). The summed E-state index contributed by atoms with van der Waals surface area (Å²) in [6.07, 6.45) is 9.52. The number of nitrogens with zero attached hydrogens (tertiary/aromatic N) is 3. The number of pyridine rings is 1. The van der Waals surface area contributed by atoms with Gasteiger partial charge in [0.25, 0.3) is 0 Å². The maximum atomic E-state index is 4.58. The lowest BCUT2D eigenvalue weighted by atomic mass is 9.90. The molecule has 0 bridgehead atoms. The number of aromatic nitrogens is 3. The van der Waals surface area contributed by atoms with Crippen molar-refractivity contribution < 1.29 is 0 Å². The molecule has 4 aromatic rings. The Labute approximate surface area is 189 Å². The second-order valence-corrected chi connectivity index (χ2v) is 8.73. The average Bonchev–Trinajstić information content (AvgIpc) is 3.26. The van der Waals surface area contributed by atoms with Crippen LogP contribution >= 0.6 is 0 Å². The Morgan fingerprint density at radius 1 is 1.03 bits per heavy atom. The van der Waals surface area contributed by atoms with Gasteiger partial charge in [0.2, 0.25) is 0 Å². The van der Waals surface area contributed by atoms with Gasteiger partial charge in [-0.3, -0.25) is 4.68 Å². The fraction of sp³-hybridized carbons (Fsp3) is 0.259. The lowest BCUT2D eigenvalue weighted by molar-refractivity contribution is 0.372. The van der Waals surface area contributed by atoms with Crippen molar-refractivity contribution in [2.45, 2.75) is 19.3 Å². The molecule has 2 aromatic heterocycles. The van der Waals surface area contributed by atoms with Crippen molar-refractivity contribution in [2.24, 2.45) is 13.0 Å². The van der Waals surface area contributed by atoms with Crippen molar-refractivity contribution in [3.8, 4) is 11.1 Å². The van der Waals surface area contributed by atoms with Crippen LogP contribution in [0.15, 0.2) is 73.7 Å². The second kappa shape index (κ2) is 8.97. The Balaban J connectivity index is 1.29. The molecule has 0 radical (unpaired) electrons. The predicted octanol–water partition coefficient (Wildman–Crippen LogP) is 5.26. The number of rotatable bonds is 6. The van der Waals surface area contributed by atoms with E-state index >= 15 is 0 Å². The highest BCUT2D eigenvalue weighted by Gasteiger charge is 2.13. The summed E-state index contributed by atoms with van der Waals surface area (Å²) in [6, 6.07) is 17.3. The molecule has 0 unspecified atom stereocenters. The molecule has 1 aliphatic heterocycles. The zero-order valence-corrected chi connectivity index (χ0v) is 18.5. The van der Waals surface area contributed by atoms with E-state index in [4.69, 9.17) is 0 Å². The van der Waals surface area contributed by atoms with E-state index < -0.39 is 0 Å². The molecule has 2 aromatic carbocycles. The third-order valence-corrected chi connectivity index (χ3v) is 6.32. The molecule has 5 heteroatoms. The minimum absolute atomic E-state index is 0.793. The lowest BCUT2D eigenvalue weighted by Crippen LogP contribution is -2.28. The molecular formula is C27H29N5. The second-order valence-electron chi connectivity index (χ2n) is 8.73. The first-order valence-electron chi connectivity index (χ1n) is 11.3. The van der Waals surface area contributed by atoms with E-state index in [2.05, 4.69) is 75.8 Å². The van der Waals surface area contributed by atoms with Gasteiger partial charge in [-0.15, -0.1) is 0 Å². The molecule has 0 amide bonds. The molecule has 32 heavy (non-hydrogen) atoms. The topological polar surface area (TPSA) is 54.8 Å². The van der Waals surface area contributed by atoms with Crippen LogP contribution in [0.5, 0.6) is 0 Å². The van der Waals surface area contributed by atoms with E-state index in [0.717, 1.165) is 64.4 Å². The van der Waals surface area contributed by atoms with Gasteiger partial charge in [-0.25, -0.2) is 4.98 Å². The third kappa shape index (κ3) is 4.58. The van der Waals surface area contributed by atoms with Crippen LogP contribution in [0.1, 0.15) is 24.0 Å². The fourth-order valence-corrected chi connectivity index (χ4v) is 4.45. The Hall–Kier alpha value is -3.44. The number of anilines is 1. The molecule has 2 N–H and O–H groups in total. The molecule has 5 nitrogen and oxygen atoms in total. The molecule has 1 fully saturated rings. The van der Waals surface area contributed by atoms with Crippen molar-refractivity contribution in [1.82, 2.24) is 20.1 Å². The van der Waals surface area contributed by atoms with Gasteiger partial charge in [0.1, 0.15) is 5.82 Å². The van der Waals surface area contributed by atoms with E-state index in [1.54, 1.807) is 0 Å². The van der Waals surface area contributed by atoms with Crippen LogP contribution in [-0.4, -0.2) is 27.9 Å². The van der Waals surface area contributed by atoms with E-state index in [0.29, 0.717) is 0 Å². The summed E-state index contributed by atoms with van der Waals surface area (Å²) in [4.78, 5) is 4.58. The molecule has 162 valence electrons. The number of hydrogen-bond donors (Lipinski definition) is 2. The molecular weight excluding hydrogens is 394 g/mol. The first-order valence-corrected chi connectivity index (χ1v) is 11.3. The number of nitrogens with one attached hydrogen (secondary N) is 2. The van der Waals surface area contributed by atoms with Crippen LogP contribution in [0.25, 0.3) is 27.6 Å². The van der Waals surface area contributed by atoms with Crippen LogP contribution in [0, 0.1) is 5.92 Å². The molecule has 0 aliphatic carbocycles. The minimum atomic E-state index is 0.793. The van der Waals surface area contributed by atoms with E-state index in [1.165, 1.54) is 18.4 Å². The Morgan fingerprint density at radius 2 is 1.84 bits per heavy atom. The van der Waals surface area contributed by atoms with Crippen LogP contribution in [-0.2, 0) is 13.5 Å². The number of piperidine rings is 1. The molecule has 3 heterocycles. The highest BCUT2D eigenvalue weighted by atomic mass is 15.2. The summed E-state index contributed by atoms with van der Waals surface area (Å²) in [5, 5.41) is 13.3. The van der Waals surface area contributed by atoms with Crippen LogP contribution in [0.4, 0.5) is 5.82 Å². The molecule has 1 saturated heterocycles. The summed E-state index contributed by atoms with van der Waals surface area (Å²) in [5.74, 6) is 1.59. The van der Waals surface area contributed by atoms with Crippen molar-refractivity contribution in [3.63, 3.8) is 0 Å². The maximum Gasteiger partial charge on any atom is 0.130 e. The highest BCUT2D eigenvalue weighted by Crippen LogP contribution is 2.26. The summed E-state index contributed by atoms with van der Waals surface area (Å²) in [6.45, 7) is 6.53. The minimum Gasteiger partial charge on any atom is -0.340 e. The number of fused-ring (bicyclic) bond motifs is 1. The average molecular weight is 424 g/mol. The van der Waals surface area contributed by atoms with Gasteiger partial charge < -0.3 is 10.6 Å². The van der Waals surface area contributed by atoms with Crippen LogP contribution < -0.4 is 10.6 Å². The Kier molecular flexibility index (Phi) is 5.73. The van der Waals surface area contributed by atoms with Crippen molar-refractivity contribution in [3.05, 3.63) is 84.8 Å². The van der Waals surface area contributed by atoms with Crippen molar-refractivity contribution in [1.29, 1.82) is 0 Å². The normalized spacial score (nSPS) is 14.5. The van der Waals surface area contributed by atoms with E-state index in [9.17, 15) is 0 Å². The van der Waals surface area contributed by atoms with Gasteiger partial charge in [0.15, 0.2) is 0 Å². The van der Waals surface area contributed by atoms with Gasteiger partial charge in [0.05, 0.1) is 6.20 Å². The quantitative estimate of drug-likeness (QED) is 0.444. The summed E-state index contributed by atoms with van der Waals surface area (Å²) >= 11 is 0. The largest absolute Gasteiger partial charge is 0.340 e. The summed E-state index contributed by atoms with van der Waals surface area (Å²) in [7, 11) is 1.93. The summed E-state index contributed by atoms with van der Waals surface area (Å²) in [5.41, 5.74) is 5.60. The lowest BCUT2D eigenvalue weighted by Gasteiger charge is -2.22. The molecule has 1 aliphatic rings. The van der Waals surface area contributed by atoms with Gasteiger partial charge in [-0.05, 0) is 72.5 Å². The first-order chi connectivity index (χ1) is 15.6. The smallest absolute Gasteiger partial charge is 0.130 e. The highest BCUT2D eigenvalue weighted by molar-refractivity contribution is 5.89. The van der Waals surface area contributed by atoms with Crippen LogP contribution in [0.2, 0.25) is 0 Å². The third-order valence-electron chi connectivity index (χ3n) is 6.32.